The Hall–Kier alpha value is -1.28. The van der Waals surface area contributed by atoms with Gasteiger partial charge in [-0.2, -0.15) is 0 Å². The summed E-state index contributed by atoms with van der Waals surface area (Å²) in [5, 5.41) is 0. The summed E-state index contributed by atoms with van der Waals surface area (Å²) in [5.41, 5.74) is 7.78. The summed E-state index contributed by atoms with van der Waals surface area (Å²) in [6.07, 6.45) is 2.03. The van der Waals surface area contributed by atoms with E-state index in [1.54, 1.807) is 0 Å². The molecular weight excluding hydrogens is 186 g/mol. The van der Waals surface area contributed by atoms with Gasteiger partial charge in [0, 0.05) is 0 Å². The van der Waals surface area contributed by atoms with Gasteiger partial charge in [0.05, 0.1) is 0 Å². The van der Waals surface area contributed by atoms with Gasteiger partial charge in [-0.25, -0.2) is 0 Å². The van der Waals surface area contributed by atoms with Crippen LogP contribution in [0.2, 0.25) is 0 Å². The molecule has 0 unspecified atom stereocenters. The first-order valence-corrected chi connectivity index (χ1v) is 5.28. The van der Waals surface area contributed by atoms with Gasteiger partial charge in [0.15, 0.2) is 0 Å². The van der Waals surface area contributed by atoms with Gasteiger partial charge in [-0.15, -0.1) is 0 Å². The molecule has 0 atom stereocenters. The second kappa shape index (κ2) is 6.25. The van der Waals surface area contributed by atoms with Crippen molar-refractivity contribution in [1.82, 2.24) is 0 Å². The molecule has 0 saturated heterocycles. The van der Waals surface area contributed by atoms with Crippen molar-refractivity contribution >= 4 is 0 Å². The molecule has 2 heteroatoms. The van der Waals surface area contributed by atoms with Crippen LogP contribution in [0.25, 0.3) is 0 Å². The van der Waals surface area contributed by atoms with Crippen LogP contribution in [-0.2, 0) is 6.42 Å². The zero-order valence-corrected chi connectivity index (χ0v) is 9.33. The molecule has 0 saturated carbocycles. The van der Waals surface area contributed by atoms with E-state index in [0.29, 0.717) is 6.61 Å². The lowest BCUT2D eigenvalue weighted by Gasteiger charge is -2.07. The maximum absolute atomic E-state index is 5.56. The quantitative estimate of drug-likeness (QED) is 0.724. The third-order valence-electron chi connectivity index (χ3n) is 2.05. The summed E-state index contributed by atoms with van der Waals surface area (Å²) >= 11 is 0. The number of benzene rings is 1. The second-order valence-electron chi connectivity index (χ2n) is 3.79. The molecule has 0 spiro atoms. The third kappa shape index (κ3) is 4.66. The first-order valence-electron chi connectivity index (χ1n) is 5.28. The van der Waals surface area contributed by atoms with Crippen LogP contribution in [0.3, 0.4) is 0 Å². The number of hydrogen-bond donors (Lipinski definition) is 1. The molecule has 1 aromatic carbocycles. The minimum atomic E-state index is 0.584. The monoisotopic (exact) mass is 205 g/mol. The first kappa shape index (κ1) is 11.8. The fraction of sp³-hybridized carbons (Fsp3) is 0.385. The minimum absolute atomic E-state index is 0.584. The van der Waals surface area contributed by atoms with E-state index in [-0.39, 0.29) is 0 Å². The summed E-state index contributed by atoms with van der Waals surface area (Å²) in [4.78, 5) is 0. The van der Waals surface area contributed by atoms with Gasteiger partial charge in [-0.05, 0) is 49.6 Å². The van der Waals surface area contributed by atoms with E-state index in [4.69, 9.17) is 10.5 Å². The lowest BCUT2D eigenvalue weighted by atomic mass is 10.1. The van der Waals surface area contributed by atoms with Crippen LogP contribution < -0.4 is 10.5 Å². The summed E-state index contributed by atoms with van der Waals surface area (Å²) in [6.45, 7) is 7.07. The molecule has 82 valence electrons. The van der Waals surface area contributed by atoms with E-state index < -0.39 is 0 Å². The van der Waals surface area contributed by atoms with Crippen molar-refractivity contribution in [2.75, 3.05) is 13.2 Å². The predicted octanol–water partition coefficient (Wildman–Crippen LogP) is 2.53. The highest BCUT2D eigenvalue weighted by atomic mass is 16.5. The van der Waals surface area contributed by atoms with E-state index in [1.165, 1.54) is 5.56 Å². The van der Waals surface area contributed by atoms with Crippen molar-refractivity contribution in [3.05, 3.63) is 42.0 Å². The molecule has 0 fully saturated rings. The molecule has 0 amide bonds. The highest BCUT2D eigenvalue weighted by Crippen LogP contribution is 2.15. The molecule has 15 heavy (non-hydrogen) atoms. The molecule has 0 heterocycles. The van der Waals surface area contributed by atoms with Crippen LogP contribution in [0.4, 0.5) is 0 Å². The summed E-state index contributed by atoms with van der Waals surface area (Å²) in [6, 6.07) is 8.15. The topological polar surface area (TPSA) is 35.2 Å². The first-order chi connectivity index (χ1) is 7.22. The standard InChI is InChI=1S/C13H19NO/c1-11(2)10-15-13-7-3-5-12(9-13)6-4-8-14/h3,5,7,9H,1,4,6,8,10,14H2,2H3. The molecular formula is C13H19NO. The Bertz CT molecular complexity index is 320. The highest BCUT2D eigenvalue weighted by Gasteiger charge is 1.96. The zero-order valence-electron chi connectivity index (χ0n) is 9.33. The summed E-state index contributed by atoms with van der Waals surface area (Å²) < 4.78 is 5.56. The normalized spacial score (nSPS) is 10.0. The number of nitrogens with two attached hydrogens (primary N) is 1. The molecule has 2 nitrogen and oxygen atoms in total. The van der Waals surface area contributed by atoms with Gasteiger partial charge >= 0.3 is 0 Å². The van der Waals surface area contributed by atoms with Gasteiger partial charge in [0.1, 0.15) is 12.4 Å². The second-order valence-corrected chi connectivity index (χ2v) is 3.79. The lowest BCUT2D eigenvalue weighted by molar-refractivity contribution is 0.352. The van der Waals surface area contributed by atoms with Gasteiger partial charge < -0.3 is 10.5 Å². The van der Waals surface area contributed by atoms with Crippen molar-refractivity contribution in [2.45, 2.75) is 19.8 Å². The van der Waals surface area contributed by atoms with Gasteiger partial charge in [0.2, 0.25) is 0 Å². The fourth-order valence-corrected chi connectivity index (χ4v) is 1.30. The fourth-order valence-electron chi connectivity index (χ4n) is 1.30. The third-order valence-corrected chi connectivity index (χ3v) is 2.05. The van der Waals surface area contributed by atoms with E-state index in [9.17, 15) is 0 Å². The van der Waals surface area contributed by atoms with Crippen molar-refractivity contribution in [1.29, 1.82) is 0 Å². The van der Waals surface area contributed by atoms with Crippen LogP contribution in [0.15, 0.2) is 36.4 Å². The average molecular weight is 205 g/mol. The van der Waals surface area contributed by atoms with Crippen LogP contribution in [0.5, 0.6) is 5.75 Å². The average Bonchev–Trinajstić information content (AvgIpc) is 2.24. The zero-order chi connectivity index (χ0) is 11.1. The molecule has 1 aromatic rings. The Kier molecular flexibility index (Phi) is 4.91. The van der Waals surface area contributed by atoms with Gasteiger partial charge in [-0.1, -0.05) is 18.7 Å². The Morgan fingerprint density at radius 1 is 1.47 bits per heavy atom. The van der Waals surface area contributed by atoms with E-state index in [1.807, 2.05) is 19.1 Å². The van der Waals surface area contributed by atoms with Crippen LogP contribution >= 0.6 is 0 Å². The van der Waals surface area contributed by atoms with E-state index in [2.05, 4.69) is 18.7 Å². The Labute approximate surface area is 91.7 Å². The molecule has 0 radical (unpaired) electrons. The van der Waals surface area contributed by atoms with Crippen molar-refractivity contribution in [3.63, 3.8) is 0 Å². The molecule has 0 aliphatic carbocycles. The minimum Gasteiger partial charge on any atom is -0.489 e. The number of hydrogen-bond acceptors (Lipinski definition) is 2. The maximum Gasteiger partial charge on any atom is 0.120 e. The Balaban J connectivity index is 2.53. The maximum atomic E-state index is 5.56. The Morgan fingerprint density at radius 3 is 2.93 bits per heavy atom. The number of rotatable bonds is 6. The molecule has 0 bridgehead atoms. The summed E-state index contributed by atoms with van der Waals surface area (Å²) in [7, 11) is 0. The molecule has 0 aliphatic rings. The van der Waals surface area contributed by atoms with Crippen LogP contribution in [0, 0.1) is 0 Å². The Morgan fingerprint density at radius 2 is 2.27 bits per heavy atom. The number of ether oxygens (including phenoxy) is 1. The number of aryl methyl sites for hydroxylation is 1. The summed E-state index contributed by atoms with van der Waals surface area (Å²) in [5.74, 6) is 0.910. The van der Waals surface area contributed by atoms with Crippen molar-refractivity contribution < 1.29 is 4.74 Å². The molecule has 0 aliphatic heterocycles. The van der Waals surface area contributed by atoms with Crippen molar-refractivity contribution in [2.24, 2.45) is 5.73 Å². The van der Waals surface area contributed by atoms with Crippen molar-refractivity contribution in [3.8, 4) is 5.75 Å². The molecule has 2 N–H and O–H groups in total. The highest BCUT2D eigenvalue weighted by molar-refractivity contribution is 5.28. The van der Waals surface area contributed by atoms with Gasteiger partial charge in [-0.3, -0.25) is 0 Å². The SMILES string of the molecule is C=C(C)COc1cccc(CCCN)c1. The molecule has 0 aromatic heterocycles. The largest absolute Gasteiger partial charge is 0.489 e. The van der Waals surface area contributed by atoms with E-state index in [0.717, 1.165) is 30.7 Å². The lowest BCUT2D eigenvalue weighted by Crippen LogP contribution is -2.01. The van der Waals surface area contributed by atoms with Gasteiger partial charge in [0.25, 0.3) is 0 Å². The van der Waals surface area contributed by atoms with Crippen LogP contribution in [0.1, 0.15) is 18.9 Å². The van der Waals surface area contributed by atoms with Crippen LogP contribution in [-0.4, -0.2) is 13.2 Å². The smallest absolute Gasteiger partial charge is 0.120 e. The van der Waals surface area contributed by atoms with E-state index >= 15 is 0 Å². The predicted molar refractivity (Wildman–Crippen MR) is 64.1 cm³/mol. The molecule has 1 rings (SSSR count).